The van der Waals surface area contributed by atoms with Gasteiger partial charge in [-0.3, -0.25) is 4.57 Å². The van der Waals surface area contributed by atoms with E-state index in [2.05, 4.69) is 26.0 Å². The maximum Gasteiger partial charge on any atom is 0.155 e. The summed E-state index contributed by atoms with van der Waals surface area (Å²) in [6.07, 6.45) is 24.3. The molecule has 0 aromatic rings. The minimum atomic E-state index is 0.319. The van der Waals surface area contributed by atoms with Gasteiger partial charge in [-0.05, 0) is 38.0 Å². The molecule has 0 N–H and O–H groups in total. The van der Waals surface area contributed by atoms with E-state index in [1.165, 1.54) is 83.5 Å². The van der Waals surface area contributed by atoms with Crippen molar-refractivity contribution in [3.8, 4) is 0 Å². The standard InChI is InChI=1S/C20H39OP/c1-20(2)18-16-14-12-10-8-6-4-3-5-7-9-11-13-15-17-19-22-21/h3-4,20H,5-19H2,1-2H3. The van der Waals surface area contributed by atoms with E-state index in [1.54, 1.807) is 0 Å². The van der Waals surface area contributed by atoms with Crippen LogP contribution in [0.5, 0.6) is 0 Å². The molecule has 0 rings (SSSR count). The van der Waals surface area contributed by atoms with Crippen molar-refractivity contribution in [2.75, 3.05) is 6.16 Å². The highest BCUT2D eigenvalue weighted by Gasteiger charge is 1.94. The quantitative estimate of drug-likeness (QED) is 0.150. The molecule has 0 atom stereocenters. The van der Waals surface area contributed by atoms with Crippen molar-refractivity contribution in [2.45, 2.75) is 104 Å². The maximum atomic E-state index is 10.3. The molecule has 0 radical (unpaired) electrons. The highest BCUT2D eigenvalue weighted by atomic mass is 31.1. The second-order valence-electron chi connectivity index (χ2n) is 6.97. The van der Waals surface area contributed by atoms with E-state index in [-0.39, 0.29) is 0 Å². The minimum Gasteiger partial charge on any atom is -0.275 e. The first-order chi connectivity index (χ1) is 10.8. The Bertz CT molecular complexity index is 248. The third-order valence-electron chi connectivity index (χ3n) is 4.19. The number of unbranched alkanes of at least 4 members (excludes halogenated alkanes) is 11. The minimum absolute atomic E-state index is 0.319. The normalized spacial score (nSPS) is 12.0. The lowest BCUT2D eigenvalue weighted by atomic mass is 10.0. The lowest BCUT2D eigenvalue weighted by Crippen LogP contribution is -1.87. The van der Waals surface area contributed by atoms with Gasteiger partial charge in [0.25, 0.3) is 0 Å². The molecule has 1 nitrogen and oxygen atoms in total. The fraction of sp³-hybridized carbons (Fsp3) is 0.900. The van der Waals surface area contributed by atoms with Gasteiger partial charge in [-0.15, -0.1) is 0 Å². The number of allylic oxidation sites excluding steroid dienone is 2. The van der Waals surface area contributed by atoms with Crippen LogP contribution in [0.15, 0.2) is 12.2 Å². The van der Waals surface area contributed by atoms with Crippen molar-refractivity contribution >= 4 is 8.46 Å². The van der Waals surface area contributed by atoms with Crippen LogP contribution in [0.3, 0.4) is 0 Å². The Morgan fingerprint density at radius 3 is 1.64 bits per heavy atom. The van der Waals surface area contributed by atoms with Gasteiger partial charge in [0, 0.05) is 6.16 Å². The maximum absolute atomic E-state index is 10.3. The second kappa shape index (κ2) is 18.9. The topological polar surface area (TPSA) is 17.1 Å². The molecule has 0 aliphatic rings. The average molecular weight is 327 g/mol. The summed E-state index contributed by atoms with van der Waals surface area (Å²) in [5, 5.41) is 0. The van der Waals surface area contributed by atoms with E-state index < -0.39 is 0 Å². The van der Waals surface area contributed by atoms with Crippen molar-refractivity contribution in [3.63, 3.8) is 0 Å². The van der Waals surface area contributed by atoms with Gasteiger partial charge in [0.2, 0.25) is 0 Å². The van der Waals surface area contributed by atoms with E-state index in [0.29, 0.717) is 8.46 Å². The van der Waals surface area contributed by atoms with Crippen LogP contribution in [0.1, 0.15) is 104 Å². The Morgan fingerprint density at radius 1 is 0.682 bits per heavy atom. The Labute approximate surface area is 141 Å². The van der Waals surface area contributed by atoms with Crippen molar-refractivity contribution in [1.82, 2.24) is 0 Å². The molecule has 0 aliphatic carbocycles. The highest BCUT2D eigenvalue weighted by Crippen LogP contribution is 2.12. The zero-order valence-corrected chi connectivity index (χ0v) is 16.1. The molecular weight excluding hydrogens is 287 g/mol. The Kier molecular flexibility index (Phi) is 18.8. The average Bonchev–Trinajstić information content (AvgIpc) is 2.50. The van der Waals surface area contributed by atoms with Gasteiger partial charge in [0.05, 0.1) is 0 Å². The lowest BCUT2D eigenvalue weighted by molar-refractivity contribution is 0.516. The monoisotopic (exact) mass is 326 g/mol. The van der Waals surface area contributed by atoms with Crippen molar-refractivity contribution < 1.29 is 4.57 Å². The molecule has 0 fully saturated rings. The van der Waals surface area contributed by atoms with Gasteiger partial charge in [-0.25, -0.2) is 0 Å². The van der Waals surface area contributed by atoms with Crippen LogP contribution in [0.2, 0.25) is 0 Å². The zero-order chi connectivity index (χ0) is 16.3. The first-order valence-corrected chi connectivity index (χ1v) is 10.7. The van der Waals surface area contributed by atoms with Gasteiger partial charge in [0.15, 0.2) is 8.46 Å². The molecule has 2 heteroatoms. The molecule has 0 heterocycles. The van der Waals surface area contributed by atoms with Crippen LogP contribution in [-0.4, -0.2) is 6.16 Å². The second-order valence-corrected chi connectivity index (χ2v) is 7.68. The van der Waals surface area contributed by atoms with Crippen LogP contribution in [0.4, 0.5) is 0 Å². The van der Waals surface area contributed by atoms with Crippen molar-refractivity contribution in [3.05, 3.63) is 12.2 Å². The van der Waals surface area contributed by atoms with Crippen LogP contribution < -0.4 is 0 Å². The fourth-order valence-electron chi connectivity index (χ4n) is 2.73. The smallest absolute Gasteiger partial charge is 0.155 e. The van der Waals surface area contributed by atoms with Crippen LogP contribution in [0.25, 0.3) is 0 Å². The molecule has 0 aromatic heterocycles. The molecule has 0 aliphatic heterocycles. The van der Waals surface area contributed by atoms with Crippen molar-refractivity contribution in [2.24, 2.45) is 5.92 Å². The van der Waals surface area contributed by atoms with Crippen LogP contribution in [-0.2, 0) is 4.57 Å². The number of hydrogen-bond donors (Lipinski definition) is 0. The first-order valence-electron chi connectivity index (χ1n) is 9.71. The predicted molar refractivity (Wildman–Crippen MR) is 101 cm³/mol. The largest absolute Gasteiger partial charge is 0.275 e. The van der Waals surface area contributed by atoms with E-state index in [9.17, 15) is 4.57 Å². The Morgan fingerprint density at radius 2 is 1.14 bits per heavy atom. The molecule has 0 unspecified atom stereocenters. The summed E-state index contributed by atoms with van der Waals surface area (Å²) < 4.78 is 10.3. The number of hydrogen-bond acceptors (Lipinski definition) is 1. The molecule has 0 saturated carbocycles. The summed E-state index contributed by atoms with van der Waals surface area (Å²) in [5.41, 5.74) is 0. The van der Waals surface area contributed by atoms with Gasteiger partial charge in [-0.1, -0.05) is 83.8 Å². The van der Waals surface area contributed by atoms with Crippen LogP contribution >= 0.6 is 8.46 Å². The zero-order valence-electron chi connectivity index (χ0n) is 15.2. The van der Waals surface area contributed by atoms with Crippen molar-refractivity contribution in [1.29, 1.82) is 0 Å². The molecule has 130 valence electrons. The molecule has 0 spiro atoms. The van der Waals surface area contributed by atoms with Gasteiger partial charge in [0.1, 0.15) is 0 Å². The highest BCUT2D eigenvalue weighted by molar-refractivity contribution is 7.23. The first kappa shape index (κ1) is 21.8. The molecule has 22 heavy (non-hydrogen) atoms. The van der Waals surface area contributed by atoms with Gasteiger partial charge < -0.3 is 0 Å². The summed E-state index contributed by atoms with van der Waals surface area (Å²) >= 11 is 0. The summed E-state index contributed by atoms with van der Waals surface area (Å²) in [7, 11) is 0.319. The van der Waals surface area contributed by atoms with Gasteiger partial charge >= 0.3 is 0 Å². The Balaban J connectivity index is 3.07. The molecule has 0 amide bonds. The third kappa shape index (κ3) is 19.8. The molecule has 0 saturated heterocycles. The summed E-state index contributed by atoms with van der Waals surface area (Å²) in [6.45, 7) is 4.64. The number of rotatable bonds is 17. The SMILES string of the molecule is CC(C)CCCCCCCC=CCCCCCCCCP=O. The fourth-order valence-corrected chi connectivity index (χ4v) is 3.08. The molecule has 0 aromatic carbocycles. The summed E-state index contributed by atoms with van der Waals surface area (Å²) in [4.78, 5) is 0. The van der Waals surface area contributed by atoms with E-state index in [4.69, 9.17) is 0 Å². The lowest BCUT2D eigenvalue weighted by Gasteiger charge is -2.03. The van der Waals surface area contributed by atoms with E-state index in [1.807, 2.05) is 0 Å². The summed E-state index contributed by atoms with van der Waals surface area (Å²) in [5.74, 6) is 0.875. The molecule has 0 bridgehead atoms. The Hall–Kier alpha value is -0.160. The van der Waals surface area contributed by atoms with E-state index in [0.717, 1.165) is 18.5 Å². The van der Waals surface area contributed by atoms with E-state index >= 15 is 0 Å². The van der Waals surface area contributed by atoms with Gasteiger partial charge in [-0.2, -0.15) is 0 Å². The molecular formula is C20H39OP. The summed E-state index contributed by atoms with van der Waals surface area (Å²) in [6, 6.07) is 0. The van der Waals surface area contributed by atoms with Crippen LogP contribution in [0, 0.1) is 5.92 Å². The predicted octanol–water partition coefficient (Wildman–Crippen LogP) is 7.95. The third-order valence-corrected chi connectivity index (χ3v) is 4.69.